The van der Waals surface area contributed by atoms with E-state index in [1.807, 2.05) is 12.1 Å². The van der Waals surface area contributed by atoms with Gasteiger partial charge in [-0.25, -0.2) is 0 Å². The highest BCUT2D eigenvalue weighted by atomic mass is 16.5. The Bertz CT molecular complexity index is 526. The SMILES string of the molecule is COc1cc([C@@H]2CN3CCNCC3CO2)ccc1C#N. The van der Waals surface area contributed by atoms with Gasteiger partial charge in [0.2, 0.25) is 0 Å². The van der Waals surface area contributed by atoms with E-state index in [9.17, 15) is 0 Å². The standard InChI is InChI=1S/C15H19N3O2/c1-19-14-6-11(2-3-12(14)7-16)15-9-18-5-4-17-8-13(18)10-20-15/h2-3,6,13,15,17H,4-5,8-10H2,1H3/t13?,15-/m0/s1. The molecule has 2 aliphatic rings. The van der Waals surface area contributed by atoms with E-state index in [2.05, 4.69) is 16.3 Å². The molecule has 1 unspecified atom stereocenters. The Balaban J connectivity index is 1.78. The van der Waals surface area contributed by atoms with Crippen LogP contribution in [0.2, 0.25) is 0 Å². The topological polar surface area (TPSA) is 57.5 Å². The van der Waals surface area contributed by atoms with Gasteiger partial charge in [-0.15, -0.1) is 0 Å². The number of nitrogens with one attached hydrogen (secondary N) is 1. The number of hydrogen-bond donors (Lipinski definition) is 1. The molecule has 5 nitrogen and oxygen atoms in total. The maximum absolute atomic E-state index is 9.03. The van der Waals surface area contributed by atoms with Gasteiger partial charge in [0.05, 0.1) is 25.4 Å². The molecule has 20 heavy (non-hydrogen) atoms. The summed E-state index contributed by atoms with van der Waals surface area (Å²) in [5.41, 5.74) is 1.64. The van der Waals surface area contributed by atoms with Crippen molar-refractivity contribution in [3.05, 3.63) is 29.3 Å². The van der Waals surface area contributed by atoms with Gasteiger partial charge in [-0.3, -0.25) is 4.90 Å². The van der Waals surface area contributed by atoms with E-state index in [-0.39, 0.29) is 6.10 Å². The lowest BCUT2D eigenvalue weighted by Gasteiger charge is -2.42. The highest BCUT2D eigenvalue weighted by Crippen LogP contribution is 2.29. The number of nitriles is 1. The molecule has 5 heteroatoms. The highest BCUT2D eigenvalue weighted by molar-refractivity contribution is 5.45. The average molecular weight is 273 g/mol. The fraction of sp³-hybridized carbons (Fsp3) is 0.533. The Kier molecular flexibility index (Phi) is 3.88. The predicted molar refractivity (Wildman–Crippen MR) is 74.6 cm³/mol. The van der Waals surface area contributed by atoms with Crippen molar-refractivity contribution >= 4 is 0 Å². The van der Waals surface area contributed by atoms with Crippen LogP contribution in [-0.4, -0.2) is 50.8 Å². The van der Waals surface area contributed by atoms with Crippen LogP contribution in [-0.2, 0) is 4.74 Å². The number of morpholine rings is 1. The first-order valence-electron chi connectivity index (χ1n) is 6.96. The summed E-state index contributed by atoms with van der Waals surface area (Å²) in [5, 5.41) is 12.4. The fourth-order valence-corrected chi connectivity index (χ4v) is 2.90. The molecule has 0 radical (unpaired) electrons. The second-order valence-electron chi connectivity index (χ2n) is 5.25. The van der Waals surface area contributed by atoms with Crippen LogP contribution in [0, 0.1) is 11.3 Å². The molecule has 1 aromatic rings. The summed E-state index contributed by atoms with van der Waals surface area (Å²) in [4.78, 5) is 2.48. The number of rotatable bonds is 2. The van der Waals surface area contributed by atoms with Crippen molar-refractivity contribution < 1.29 is 9.47 Å². The fourth-order valence-electron chi connectivity index (χ4n) is 2.90. The molecule has 0 spiro atoms. The summed E-state index contributed by atoms with van der Waals surface area (Å²) in [7, 11) is 1.59. The first-order chi connectivity index (χ1) is 9.81. The summed E-state index contributed by atoms with van der Waals surface area (Å²) in [6.45, 7) is 4.77. The minimum atomic E-state index is 0.0611. The number of ether oxygens (including phenoxy) is 2. The van der Waals surface area contributed by atoms with Crippen molar-refractivity contribution in [1.82, 2.24) is 10.2 Å². The monoisotopic (exact) mass is 273 g/mol. The van der Waals surface area contributed by atoms with E-state index >= 15 is 0 Å². The minimum Gasteiger partial charge on any atom is -0.495 e. The molecule has 0 saturated carbocycles. The molecule has 0 aromatic heterocycles. The molecule has 0 aliphatic carbocycles. The lowest BCUT2D eigenvalue weighted by atomic mass is 10.0. The zero-order valence-corrected chi connectivity index (χ0v) is 11.6. The number of hydrogen-bond acceptors (Lipinski definition) is 5. The van der Waals surface area contributed by atoms with E-state index < -0.39 is 0 Å². The van der Waals surface area contributed by atoms with Gasteiger partial charge in [0.15, 0.2) is 0 Å². The third kappa shape index (κ3) is 2.50. The van der Waals surface area contributed by atoms with Gasteiger partial charge in [-0.2, -0.15) is 5.26 Å². The summed E-state index contributed by atoms with van der Waals surface area (Å²) in [6, 6.07) is 8.32. The van der Waals surface area contributed by atoms with E-state index in [1.165, 1.54) is 0 Å². The van der Waals surface area contributed by atoms with Crippen LogP contribution in [0.25, 0.3) is 0 Å². The molecular formula is C15H19N3O2. The van der Waals surface area contributed by atoms with Gasteiger partial charge in [-0.05, 0) is 17.7 Å². The number of nitrogens with zero attached hydrogens (tertiary/aromatic N) is 2. The third-order valence-corrected chi connectivity index (χ3v) is 4.08. The van der Waals surface area contributed by atoms with Gasteiger partial charge in [0, 0.05) is 32.2 Å². The maximum atomic E-state index is 9.03. The van der Waals surface area contributed by atoms with Crippen LogP contribution >= 0.6 is 0 Å². The zero-order valence-electron chi connectivity index (χ0n) is 11.6. The van der Waals surface area contributed by atoms with Gasteiger partial charge >= 0.3 is 0 Å². The van der Waals surface area contributed by atoms with E-state index in [4.69, 9.17) is 14.7 Å². The highest BCUT2D eigenvalue weighted by Gasteiger charge is 2.31. The Morgan fingerprint density at radius 3 is 3.20 bits per heavy atom. The molecule has 0 amide bonds. The van der Waals surface area contributed by atoms with Crippen molar-refractivity contribution in [1.29, 1.82) is 5.26 Å². The molecule has 0 bridgehead atoms. The van der Waals surface area contributed by atoms with Gasteiger partial charge in [0.25, 0.3) is 0 Å². The quantitative estimate of drug-likeness (QED) is 0.868. The molecule has 2 aliphatic heterocycles. The summed E-state index contributed by atoms with van der Waals surface area (Å²) >= 11 is 0. The van der Waals surface area contributed by atoms with Crippen molar-refractivity contribution in [2.24, 2.45) is 0 Å². The van der Waals surface area contributed by atoms with Gasteiger partial charge in [0.1, 0.15) is 11.8 Å². The Labute approximate surface area is 119 Å². The van der Waals surface area contributed by atoms with E-state index in [0.717, 1.165) is 38.3 Å². The Morgan fingerprint density at radius 1 is 1.50 bits per heavy atom. The number of fused-ring (bicyclic) bond motifs is 1. The normalized spacial score (nSPS) is 26.6. The molecular weight excluding hydrogens is 254 g/mol. The lowest BCUT2D eigenvalue weighted by Crippen LogP contribution is -2.57. The van der Waals surface area contributed by atoms with Crippen LogP contribution in [0.5, 0.6) is 5.75 Å². The Morgan fingerprint density at radius 2 is 2.40 bits per heavy atom. The van der Waals surface area contributed by atoms with Crippen molar-refractivity contribution in [3.63, 3.8) is 0 Å². The Hall–Kier alpha value is -1.61. The first kappa shape index (κ1) is 13.4. The molecule has 1 aromatic carbocycles. The van der Waals surface area contributed by atoms with Crippen LogP contribution in [0.3, 0.4) is 0 Å². The minimum absolute atomic E-state index is 0.0611. The van der Waals surface area contributed by atoms with Gasteiger partial charge < -0.3 is 14.8 Å². The molecule has 106 valence electrons. The zero-order chi connectivity index (χ0) is 13.9. The second kappa shape index (κ2) is 5.80. The summed E-state index contributed by atoms with van der Waals surface area (Å²) in [5.74, 6) is 0.621. The number of methoxy groups -OCH3 is 1. The smallest absolute Gasteiger partial charge is 0.136 e. The van der Waals surface area contributed by atoms with Crippen molar-refractivity contribution in [2.45, 2.75) is 12.1 Å². The average Bonchev–Trinajstić information content (AvgIpc) is 2.53. The van der Waals surface area contributed by atoms with Crippen LogP contribution in [0.15, 0.2) is 18.2 Å². The molecule has 2 saturated heterocycles. The molecule has 1 N–H and O–H groups in total. The van der Waals surface area contributed by atoms with Crippen LogP contribution in [0.4, 0.5) is 0 Å². The third-order valence-electron chi connectivity index (χ3n) is 4.08. The van der Waals surface area contributed by atoms with E-state index in [0.29, 0.717) is 17.4 Å². The number of piperazine rings is 1. The first-order valence-corrected chi connectivity index (χ1v) is 6.96. The largest absolute Gasteiger partial charge is 0.495 e. The summed E-state index contributed by atoms with van der Waals surface area (Å²) < 4.78 is 11.3. The predicted octanol–water partition coefficient (Wildman–Crippen LogP) is 0.912. The maximum Gasteiger partial charge on any atom is 0.136 e. The summed E-state index contributed by atoms with van der Waals surface area (Å²) in [6.07, 6.45) is 0.0611. The van der Waals surface area contributed by atoms with E-state index in [1.54, 1.807) is 13.2 Å². The molecule has 2 atom stereocenters. The number of benzene rings is 1. The molecule has 2 heterocycles. The lowest BCUT2D eigenvalue weighted by molar-refractivity contribution is -0.0718. The van der Waals surface area contributed by atoms with Gasteiger partial charge in [-0.1, -0.05) is 6.07 Å². The van der Waals surface area contributed by atoms with Crippen molar-refractivity contribution in [3.8, 4) is 11.8 Å². The molecule has 3 rings (SSSR count). The van der Waals surface area contributed by atoms with Crippen LogP contribution in [0.1, 0.15) is 17.2 Å². The molecule has 2 fully saturated rings. The second-order valence-corrected chi connectivity index (χ2v) is 5.25. The van der Waals surface area contributed by atoms with Crippen molar-refractivity contribution in [2.75, 3.05) is 39.9 Å². The van der Waals surface area contributed by atoms with Crippen LogP contribution < -0.4 is 10.1 Å².